The van der Waals surface area contributed by atoms with Crippen molar-refractivity contribution in [2.24, 2.45) is 0 Å². The monoisotopic (exact) mass is 720 g/mol. The number of nitrogens with zero attached hydrogens (tertiary/aromatic N) is 1. The normalized spacial score (nSPS) is 16.6. The number of benzene rings is 3. The lowest BCUT2D eigenvalue weighted by Gasteiger charge is -2.29. The number of sulfonamides is 1. The highest BCUT2D eigenvalue weighted by atomic mass is 32.2. The van der Waals surface area contributed by atoms with E-state index < -0.39 is 56.8 Å². The van der Waals surface area contributed by atoms with Crippen molar-refractivity contribution in [1.82, 2.24) is 15.4 Å². The van der Waals surface area contributed by atoms with Crippen molar-refractivity contribution in [2.75, 3.05) is 17.2 Å². The maximum atomic E-state index is 14.0. The smallest absolute Gasteiger partial charge is 0.392 e. The van der Waals surface area contributed by atoms with Gasteiger partial charge in [-0.25, -0.2) is 13.1 Å². The Bertz CT molecular complexity index is 1770. The number of anilines is 1. The van der Waals surface area contributed by atoms with E-state index in [1.54, 1.807) is 84.0 Å². The van der Waals surface area contributed by atoms with Gasteiger partial charge in [0.15, 0.2) is 0 Å². The molecule has 0 unspecified atom stereocenters. The molecule has 0 spiro atoms. The van der Waals surface area contributed by atoms with E-state index >= 15 is 0 Å². The second-order valence-corrected chi connectivity index (χ2v) is 16.6. The summed E-state index contributed by atoms with van der Waals surface area (Å²) in [5.41, 5.74) is -0.235. The zero-order valence-corrected chi connectivity index (χ0v) is 29.9. The summed E-state index contributed by atoms with van der Waals surface area (Å²) in [5, 5.41) is 15.5. The van der Waals surface area contributed by atoms with Crippen LogP contribution in [0, 0.1) is 0 Å². The molecule has 3 aromatic rings. The summed E-state index contributed by atoms with van der Waals surface area (Å²) < 4.78 is 70.1. The molecule has 0 aliphatic carbocycles. The maximum Gasteiger partial charge on any atom is 0.416 e. The highest BCUT2D eigenvalue weighted by molar-refractivity contribution is 7.99. The number of aliphatic hydroxyl groups is 1. The van der Waals surface area contributed by atoms with Crippen molar-refractivity contribution >= 4 is 39.3 Å². The third-order valence-corrected chi connectivity index (χ3v) is 10.5. The van der Waals surface area contributed by atoms with Crippen molar-refractivity contribution in [3.8, 4) is 11.1 Å². The summed E-state index contributed by atoms with van der Waals surface area (Å²) in [5.74, 6) is -0.894. The lowest BCUT2D eigenvalue weighted by atomic mass is 9.99. The Morgan fingerprint density at radius 1 is 1.02 bits per heavy atom. The fourth-order valence-electron chi connectivity index (χ4n) is 5.35. The number of carbonyl (C=O) groups excluding carboxylic acids is 2. The molecule has 0 fully saturated rings. The first kappa shape index (κ1) is 38.4. The van der Waals surface area contributed by atoms with Gasteiger partial charge in [-0.05, 0) is 76.9 Å². The molecule has 1 heterocycles. The highest BCUT2D eigenvalue weighted by Crippen LogP contribution is 2.40. The van der Waals surface area contributed by atoms with Crippen LogP contribution in [0.2, 0.25) is 0 Å². The van der Waals surface area contributed by atoms with Gasteiger partial charge in [-0.1, -0.05) is 42.5 Å². The lowest BCUT2D eigenvalue weighted by molar-refractivity contribution is -0.137. The van der Waals surface area contributed by atoms with Crippen LogP contribution in [0.5, 0.6) is 0 Å². The van der Waals surface area contributed by atoms with Gasteiger partial charge < -0.3 is 20.6 Å². The Morgan fingerprint density at radius 2 is 1.67 bits per heavy atom. The highest BCUT2D eigenvalue weighted by Gasteiger charge is 2.36. The summed E-state index contributed by atoms with van der Waals surface area (Å²) in [6.45, 7) is 10.7. The Balaban J connectivity index is 1.64. The van der Waals surface area contributed by atoms with Crippen molar-refractivity contribution in [3.05, 3.63) is 77.9 Å². The van der Waals surface area contributed by atoms with Crippen LogP contribution in [0.15, 0.2) is 76.5 Å². The average Bonchev–Trinajstić information content (AvgIpc) is 3.10. The van der Waals surface area contributed by atoms with Gasteiger partial charge in [0.25, 0.3) is 5.91 Å². The largest absolute Gasteiger partial charge is 0.416 e. The minimum Gasteiger partial charge on any atom is -0.392 e. The van der Waals surface area contributed by atoms with E-state index in [9.17, 15) is 36.3 Å². The minimum absolute atomic E-state index is 0.0106. The van der Waals surface area contributed by atoms with Crippen LogP contribution in [0.1, 0.15) is 59.1 Å². The van der Waals surface area contributed by atoms with Gasteiger partial charge in [0.2, 0.25) is 15.9 Å². The van der Waals surface area contributed by atoms with Gasteiger partial charge in [0, 0.05) is 40.3 Å². The van der Waals surface area contributed by atoms with Crippen molar-refractivity contribution in [2.45, 2.75) is 93.7 Å². The molecule has 9 nitrogen and oxygen atoms in total. The molecule has 4 rings (SSSR count). The van der Waals surface area contributed by atoms with Crippen LogP contribution in [0.3, 0.4) is 0 Å². The topological polar surface area (TPSA) is 128 Å². The standard InChI is InChI=1S/C35H43F3N4O5S2/c1-22(43)19-39-34(5,6)18-31(44)40-27-21-48-29-17-25(35(36,37)38)15-16-28(29)42(32(27)45)20-23-11-13-24(14-12-23)26-9-7-8-10-30(26)49(46,47)41-33(2,3)4/h7-17,22,27,39,41,43H,18-21H2,1-6H3,(H,40,44)/t22-,27-/m1/s1. The predicted molar refractivity (Wildman–Crippen MR) is 186 cm³/mol. The zero-order chi connectivity index (χ0) is 36.4. The Kier molecular flexibility index (Phi) is 11.6. The SMILES string of the molecule is C[C@@H](O)CNC(C)(C)CC(=O)N[C@@H]1CSc2cc(C(F)(F)F)ccc2N(Cc2ccc(-c3ccccc3S(=O)(=O)NC(C)(C)C)cc2)C1=O. The summed E-state index contributed by atoms with van der Waals surface area (Å²) in [7, 11) is -3.86. The molecule has 2 amide bonds. The number of hydrogen-bond donors (Lipinski definition) is 4. The summed E-state index contributed by atoms with van der Waals surface area (Å²) in [4.78, 5) is 28.9. The second kappa shape index (κ2) is 14.8. The Morgan fingerprint density at radius 3 is 2.29 bits per heavy atom. The Labute approximate surface area is 290 Å². The van der Waals surface area contributed by atoms with Gasteiger partial charge in [-0.15, -0.1) is 11.8 Å². The zero-order valence-electron chi connectivity index (χ0n) is 28.3. The predicted octanol–water partition coefficient (Wildman–Crippen LogP) is 5.71. The van der Waals surface area contributed by atoms with E-state index in [2.05, 4.69) is 15.4 Å². The maximum absolute atomic E-state index is 14.0. The summed E-state index contributed by atoms with van der Waals surface area (Å²) in [6, 6.07) is 15.7. The molecular weight excluding hydrogens is 678 g/mol. The first-order valence-corrected chi connectivity index (χ1v) is 18.2. The third-order valence-electron chi connectivity index (χ3n) is 7.58. The van der Waals surface area contributed by atoms with Crippen molar-refractivity contribution < 1.29 is 36.3 Å². The molecule has 1 aliphatic rings. The van der Waals surface area contributed by atoms with E-state index in [0.29, 0.717) is 16.7 Å². The molecule has 1 aliphatic heterocycles. The quantitative estimate of drug-likeness (QED) is 0.200. The fourth-order valence-corrected chi connectivity index (χ4v) is 8.11. The number of alkyl halides is 3. The number of β-amino-alcohol motifs (C(OH)–C–C–N with tert-alkyl or cyclic N) is 1. The molecule has 0 saturated heterocycles. The number of rotatable bonds is 11. The molecule has 0 radical (unpaired) electrons. The van der Waals surface area contributed by atoms with E-state index in [1.165, 1.54) is 17.0 Å². The summed E-state index contributed by atoms with van der Waals surface area (Å²) in [6.07, 6.45) is -5.22. The van der Waals surface area contributed by atoms with Crippen LogP contribution < -0.4 is 20.3 Å². The molecule has 3 aromatic carbocycles. The van der Waals surface area contributed by atoms with E-state index in [0.717, 1.165) is 23.9 Å². The molecular formula is C35H43F3N4O5S2. The second-order valence-electron chi connectivity index (χ2n) is 13.9. The number of thioether (sulfide) groups is 1. The number of aliphatic hydroxyl groups excluding tert-OH is 1. The van der Waals surface area contributed by atoms with Gasteiger partial charge in [-0.2, -0.15) is 13.2 Å². The first-order valence-electron chi connectivity index (χ1n) is 15.8. The molecule has 4 N–H and O–H groups in total. The number of amides is 2. The van der Waals surface area contributed by atoms with Crippen LogP contribution in [0.4, 0.5) is 18.9 Å². The third kappa shape index (κ3) is 10.3. The minimum atomic E-state index is -4.59. The van der Waals surface area contributed by atoms with Gasteiger partial charge >= 0.3 is 6.18 Å². The number of hydrogen-bond acceptors (Lipinski definition) is 7. The number of carbonyl (C=O) groups is 2. The van der Waals surface area contributed by atoms with Crippen LogP contribution in [-0.2, 0) is 32.3 Å². The molecule has 266 valence electrons. The lowest BCUT2D eigenvalue weighted by Crippen LogP contribution is -2.52. The molecule has 0 aromatic heterocycles. The van der Waals surface area contributed by atoms with Crippen molar-refractivity contribution in [1.29, 1.82) is 0 Å². The van der Waals surface area contributed by atoms with Gasteiger partial charge in [-0.3, -0.25) is 9.59 Å². The van der Waals surface area contributed by atoms with Gasteiger partial charge in [0.05, 0.1) is 28.8 Å². The number of halogens is 3. The molecule has 0 bridgehead atoms. The fraction of sp³-hybridized carbons (Fsp3) is 0.429. The van der Waals surface area contributed by atoms with E-state index in [1.807, 2.05) is 0 Å². The van der Waals surface area contributed by atoms with E-state index in [4.69, 9.17) is 0 Å². The summed E-state index contributed by atoms with van der Waals surface area (Å²) >= 11 is 1.06. The first-order chi connectivity index (χ1) is 22.6. The van der Waals surface area contributed by atoms with E-state index in [-0.39, 0.29) is 40.7 Å². The molecule has 49 heavy (non-hydrogen) atoms. The van der Waals surface area contributed by atoms with Crippen LogP contribution in [0.25, 0.3) is 11.1 Å². The number of nitrogens with one attached hydrogen (secondary N) is 3. The van der Waals surface area contributed by atoms with Crippen molar-refractivity contribution in [3.63, 3.8) is 0 Å². The number of fused-ring (bicyclic) bond motifs is 1. The average molecular weight is 721 g/mol. The molecule has 14 heteroatoms. The van der Waals surface area contributed by atoms with Gasteiger partial charge in [0.1, 0.15) is 6.04 Å². The molecule has 0 saturated carbocycles. The van der Waals surface area contributed by atoms with Crippen LogP contribution in [-0.4, -0.2) is 60.9 Å². The Hall–Kier alpha value is -3.43. The van der Waals surface area contributed by atoms with Crippen LogP contribution >= 0.6 is 11.8 Å². The molecule has 2 atom stereocenters.